The van der Waals surface area contributed by atoms with Gasteiger partial charge in [-0.15, -0.1) is 0 Å². The summed E-state index contributed by atoms with van der Waals surface area (Å²) in [6.07, 6.45) is 4.69. The number of hydrazone groups is 1. The van der Waals surface area contributed by atoms with Crippen molar-refractivity contribution in [3.8, 4) is 0 Å². The molecule has 1 heterocycles. The van der Waals surface area contributed by atoms with Crippen molar-refractivity contribution in [1.82, 2.24) is 10.7 Å². The molecular formula is C23H30N4O3. The SMILES string of the molecule is CC1(C)[C@H]2CC[C@]1(C)/C(=N/NC(=O)CNC(=O)c1ccc(N3CCCC3=O)cc1)C2. The van der Waals surface area contributed by atoms with Crippen molar-refractivity contribution in [2.45, 2.75) is 52.9 Å². The van der Waals surface area contributed by atoms with Gasteiger partial charge in [-0.05, 0) is 61.3 Å². The molecule has 1 aliphatic heterocycles. The van der Waals surface area contributed by atoms with Crippen molar-refractivity contribution in [1.29, 1.82) is 0 Å². The quantitative estimate of drug-likeness (QED) is 0.732. The Labute approximate surface area is 177 Å². The summed E-state index contributed by atoms with van der Waals surface area (Å²) < 4.78 is 0. The van der Waals surface area contributed by atoms with E-state index in [9.17, 15) is 14.4 Å². The third-order valence-electron chi connectivity index (χ3n) is 7.75. The topological polar surface area (TPSA) is 90.9 Å². The molecule has 2 atom stereocenters. The van der Waals surface area contributed by atoms with Gasteiger partial charge in [0, 0.05) is 35.3 Å². The van der Waals surface area contributed by atoms with Crippen LogP contribution >= 0.6 is 0 Å². The zero-order valence-corrected chi connectivity index (χ0v) is 18.0. The summed E-state index contributed by atoms with van der Waals surface area (Å²) in [5.41, 5.74) is 5.17. The minimum absolute atomic E-state index is 0.0344. The highest BCUT2D eigenvalue weighted by atomic mass is 16.2. The maximum atomic E-state index is 12.3. The molecule has 2 bridgehead atoms. The largest absolute Gasteiger partial charge is 0.343 e. The molecule has 160 valence electrons. The highest BCUT2D eigenvalue weighted by molar-refractivity contribution is 5.99. The molecule has 1 aromatic carbocycles. The van der Waals surface area contributed by atoms with E-state index in [0.717, 1.165) is 30.7 Å². The summed E-state index contributed by atoms with van der Waals surface area (Å²) in [4.78, 5) is 38.1. The number of carbonyl (C=O) groups is 3. The van der Waals surface area contributed by atoms with Gasteiger partial charge in [0.25, 0.3) is 11.8 Å². The number of benzene rings is 1. The van der Waals surface area contributed by atoms with E-state index in [1.807, 2.05) is 0 Å². The molecule has 0 spiro atoms. The first-order chi connectivity index (χ1) is 14.2. The number of nitrogens with zero attached hydrogens (tertiary/aromatic N) is 2. The van der Waals surface area contributed by atoms with Gasteiger partial charge in [0.15, 0.2) is 0 Å². The van der Waals surface area contributed by atoms with Crippen molar-refractivity contribution in [3.63, 3.8) is 0 Å². The maximum Gasteiger partial charge on any atom is 0.259 e. The van der Waals surface area contributed by atoms with Gasteiger partial charge in [0.05, 0.1) is 6.54 Å². The normalized spacial score (nSPS) is 28.2. The van der Waals surface area contributed by atoms with Gasteiger partial charge < -0.3 is 10.2 Å². The number of rotatable bonds is 5. The van der Waals surface area contributed by atoms with Crippen molar-refractivity contribution >= 4 is 29.1 Å². The van der Waals surface area contributed by atoms with Crippen molar-refractivity contribution in [3.05, 3.63) is 29.8 Å². The molecule has 0 unspecified atom stereocenters. The Hall–Kier alpha value is -2.70. The summed E-state index contributed by atoms with van der Waals surface area (Å²) in [5, 5.41) is 7.05. The second kappa shape index (κ2) is 7.52. The lowest BCUT2D eigenvalue weighted by Gasteiger charge is -2.34. The first-order valence-electron chi connectivity index (χ1n) is 10.8. The van der Waals surface area contributed by atoms with Crippen LogP contribution in [0.4, 0.5) is 5.69 Å². The van der Waals surface area contributed by atoms with Crippen LogP contribution < -0.4 is 15.6 Å². The van der Waals surface area contributed by atoms with Gasteiger partial charge in [-0.3, -0.25) is 14.4 Å². The van der Waals surface area contributed by atoms with Crippen LogP contribution in [0.3, 0.4) is 0 Å². The average molecular weight is 411 g/mol. The lowest BCUT2D eigenvalue weighted by Crippen LogP contribution is -2.37. The Morgan fingerprint density at radius 3 is 2.50 bits per heavy atom. The smallest absolute Gasteiger partial charge is 0.259 e. The lowest BCUT2D eigenvalue weighted by atomic mass is 9.70. The van der Waals surface area contributed by atoms with E-state index in [4.69, 9.17) is 0 Å². The highest BCUT2D eigenvalue weighted by Gasteiger charge is 2.60. The summed E-state index contributed by atoms with van der Waals surface area (Å²) in [5.74, 6) is 0.0688. The highest BCUT2D eigenvalue weighted by Crippen LogP contribution is 2.63. The lowest BCUT2D eigenvalue weighted by molar-refractivity contribution is -0.120. The molecule has 0 radical (unpaired) electrons. The average Bonchev–Trinajstić information content (AvgIpc) is 3.31. The predicted octanol–water partition coefficient (Wildman–Crippen LogP) is 2.86. The molecule has 4 rings (SSSR count). The second-order valence-electron chi connectivity index (χ2n) is 9.47. The number of hydrogen-bond acceptors (Lipinski definition) is 4. The third-order valence-corrected chi connectivity index (χ3v) is 7.75. The van der Waals surface area contributed by atoms with Crippen LogP contribution in [0.5, 0.6) is 0 Å². The van der Waals surface area contributed by atoms with Crippen molar-refractivity contribution in [2.75, 3.05) is 18.0 Å². The number of fused-ring (bicyclic) bond motifs is 2. The summed E-state index contributed by atoms with van der Waals surface area (Å²) in [6.45, 7) is 7.40. The van der Waals surface area contributed by atoms with Crippen LogP contribution in [0.1, 0.15) is 63.2 Å². The molecule has 2 aliphatic carbocycles. The van der Waals surface area contributed by atoms with Crippen LogP contribution in [-0.4, -0.2) is 36.5 Å². The second-order valence-corrected chi connectivity index (χ2v) is 9.47. The van der Waals surface area contributed by atoms with Crippen molar-refractivity contribution < 1.29 is 14.4 Å². The van der Waals surface area contributed by atoms with Crippen LogP contribution in [-0.2, 0) is 9.59 Å². The van der Waals surface area contributed by atoms with Gasteiger partial charge in [0.2, 0.25) is 5.91 Å². The van der Waals surface area contributed by atoms with Crippen LogP contribution in [0.15, 0.2) is 29.4 Å². The fourth-order valence-corrected chi connectivity index (χ4v) is 5.24. The van der Waals surface area contributed by atoms with E-state index in [2.05, 4.69) is 36.6 Å². The molecule has 7 heteroatoms. The molecule has 7 nitrogen and oxygen atoms in total. The van der Waals surface area contributed by atoms with E-state index in [0.29, 0.717) is 24.4 Å². The molecule has 3 amide bonds. The van der Waals surface area contributed by atoms with Crippen LogP contribution in [0.25, 0.3) is 0 Å². The molecular weight excluding hydrogens is 380 g/mol. The Morgan fingerprint density at radius 1 is 1.20 bits per heavy atom. The fraction of sp³-hybridized carbons (Fsp3) is 0.565. The molecule has 0 aromatic heterocycles. The third kappa shape index (κ3) is 3.40. The molecule has 2 saturated carbocycles. The number of anilines is 1. The first-order valence-corrected chi connectivity index (χ1v) is 10.8. The van der Waals surface area contributed by atoms with Gasteiger partial charge in [-0.25, -0.2) is 5.43 Å². The molecule has 1 saturated heterocycles. The number of carbonyl (C=O) groups excluding carboxylic acids is 3. The number of hydrogen-bond donors (Lipinski definition) is 2. The van der Waals surface area contributed by atoms with Gasteiger partial charge >= 0.3 is 0 Å². The Bertz CT molecular complexity index is 906. The van der Waals surface area contributed by atoms with Crippen LogP contribution in [0.2, 0.25) is 0 Å². The van der Waals surface area contributed by atoms with Crippen molar-refractivity contribution in [2.24, 2.45) is 21.8 Å². The Morgan fingerprint density at radius 2 is 1.93 bits per heavy atom. The minimum Gasteiger partial charge on any atom is -0.343 e. The number of nitrogens with one attached hydrogen (secondary N) is 2. The van der Waals surface area contributed by atoms with E-state index < -0.39 is 0 Å². The van der Waals surface area contributed by atoms with E-state index in [1.54, 1.807) is 29.2 Å². The van der Waals surface area contributed by atoms with E-state index >= 15 is 0 Å². The summed E-state index contributed by atoms with van der Waals surface area (Å²) in [6, 6.07) is 6.88. The van der Waals surface area contributed by atoms with Crippen LogP contribution in [0, 0.1) is 16.7 Å². The molecule has 3 aliphatic rings. The first kappa shape index (κ1) is 20.6. The van der Waals surface area contributed by atoms with Gasteiger partial charge in [-0.1, -0.05) is 20.8 Å². The standard InChI is InChI=1S/C23H30N4O3/c1-22(2)16-10-11-23(22,3)18(13-16)25-26-19(28)14-24-21(30)15-6-8-17(9-7-15)27-12-4-5-20(27)29/h6-9,16H,4-5,10-14H2,1-3H3,(H,24,30)(H,26,28)/b25-18+/t16-,23+/m0/s1. The monoisotopic (exact) mass is 410 g/mol. The van der Waals surface area contributed by atoms with E-state index in [1.165, 1.54) is 6.42 Å². The summed E-state index contributed by atoms with van der Waals surface area (Å²) >= 11 is 0. The fourth-order valence-electron chi connectivity index (χ4n) is 5.24. The summed E-state index contributed by atoms with van der Waals surface area (Å²) in [7, 11) is 0. The zero-order valence-electron chi connectivity index (χ0n) is 18.0. The maximum absolute atomic E-state index is 12.3. The zero-order chi connectivity index (χ0) is 21.5. The molecule has 2 N–H and O–H groups in total. The molecule has 1 aromatic rings. The minimum atomic E-state index is -0.334. The molecule has 30 heavy (non-hydrogen) atoms. The van der Waals surface area contributed by atoms with Gasteiger partial charge in [0.1, 0.15) is 0 Å². The molecule has 3 fully saturated rings. The Kier molecular flexibility index (Phi) is 5.16. The van der Waals surface area contributed by atoms with Gasteiger partial charge in [-0.2, -0.15) is 5.10 Å². The van der Waals surface area contributed by atoms with E-state index in [-0.39, 0.29) is 35.1 Å². The number of amides is 3. The predicted molar refractivity (Wildman–Crippen MR) is 115 cm³/mol. The Balaban J connectivity index is 1.29.